The van der Waals surface area contributed by atoms with Crippen LogP contribution >= 0.6 is 0 Å². The number of pyridine rings is 1. The van der Waals surface area contributed by atoms with E-state index in [1.807, 2.05) is 12.1 Å². The quantitative estimate of drug-likeness (QED) is 0.756. The molecular weight excluding hydrogens is 266 g/mol. The maximum Gasteiger partial charge on any atom is 0.337 e. The van der Waals surface area contributed by atoms with Crippen molar-refractivity contribution in [1.29, 1.82) is 0 Å². The van der Waals surface area contributed by atoms with E-state index < -0.39 is 5.97 Å². The number of hydrogen-bond acceptors (Lipinski definition) is 4. The van der Waals surface area contributed by atoms with Crippen molar-refractivity contribution in [2.75, 3.05) is 11.1 Å². The van der Waals surface area contributed by atoms with Gasteiger partial charge in [-0.3, -0.25) is 0 Å². The maximum absolute atomic E-state index is 10.8. The highest BCUT2D eigenvalue weighted by atomic mass is 16.4. The van der Waals surface area contributed by atoms with Gasteiger partial charge in [0.2, 0.25) is 0 Å². The fraction of sp³-hybridized carbons (Fsp3) is 0.250. The van der Waals surface area contributed by atoms with E-state index in [9.17, 15) is 4.79 Å². The van der Waals surface area contributed by atoms with Gasteiger partial charge in [-0.15, -0.1) is 0 Å². The van der Waals surface area contributed by atoms with E-state index >= 15 is 0 Å². The molecule has 4 N–H and O–H groups in total. The van der Waals surface area contributed by atoms with Crippen LogP contribution in [0, 0.1) is 0 Å². The lowest BCUT2D eigenvalue weighted by atomic mass is 10.1. The first-order valence-corrected chi connectivity index (χ1v) is 6.95. The van der Waals surface area contributed by atoms with Crippen LogP contribution < -0.4 is 11.1 Å². The van der Waals surface area contributed by atoms with E-state index in [4.69, 9.17) is 10.8 Å². The molecule has 0 aliphatic heterocycles. The Morgan fingerprint density at radius 3 is 2.62 bits per heavy atom. The van der Waals surface area contributed by atoms with E-state index in [1.165, 1.54) is 30.7 Å². The van der Waals surface area contributed by atoms with Crippen LogP contribution in [0.2, 0.25) is 0 Å². The standard InChI is InChI=1S/C16H19N3O2/c1-2-3-4-11-5-7-13(8-6-11)19-15-14(17)9-12(10-18-15)16(20)21/h5-10H,2-4,17H2,1H3,(H,18,19)(H,20,21). The van der Waals surface area contributed by atoms with E-state index in [0.717, 1.165) is 12.1 Å². The molecule has 0 aliphatic rings. The summed E-state index contributed by atoms with van der Waals surface area (Å²) in [6.45, 7) is 2.17. The number of carboxylic acids is 1. The molecule has 2 rings (SSSR count). The summed E-state index contributed by atoms with van der Waals surface area (Å²) in [6.07, 6.45) is 4.72. The summed E-state index contributed by atoms with van der Waals surface area (Å²) in [5.41, 5.74) is 8.37. The Kier molecular flexibility index (Phi) is 4.77. The molecule has 5 heteroatoms. The summed E-state index contributed by atoms with van der Waals surface area (Å²) in [6, 6.07) is 9.47. The van der Waals surface area contributed by atoms with Crippen LogP contribution in [0.5, 0.6) is 0 Å². The number of hydrogen-bond donors (Lipinski definition) is 3. The third kappa shape index (κ3) is 3.95. The van der Waals surface area contributed by atoms with Crippen LogP contribution in [0.1, 0.15) is 35.7 Å². The first-order valence-electron chi connectivity index (χ1n) is 6.95. The van der Waals surface area contributed by atoms with Gasteiger partial charge < -0.3 is 16.2 Å². The fourth-order valence-electron chi connectivity index (χ4n) is 1.98. The summed E-state index contributed by atoms with van der Waals surface area (Å²) < 4.78 is 0. The Labute approximate surface area is 123 Å². The molecule has 0 radical (unpaired) electrons. The summed E-state index contributed by atoms with van der Waals surface area (Å²) in [5, 5.41) is 12.0. The number of carbonyl (C=O) groups is 1. The number of nitrogens with zero attached hydrogens (tertiary/aromatic N) is 1. The molecule has 1 aromatic carbocycles. The molecule has 21 heavy (non-hydrogen) atoms. The largest absolute Gasteiger partial charge is 0.478 e. The number of aromatic carboxylic acids is 1. The van der Waals surface area contributed by atoms with Gasteiger partial charge in [0.15, 0.2) is 5.82 Å². The summed E-state index contributed by atoms with van der Waals surface area (Å²) >= 11 is 0. The Morgan fingerprint density at radius 1 is 1.33 bits per heavy atom. The van der Waals surface area contributed by atoms with Crippen molar-refractivity contribution in [2.45, 2.75) is 26.2 Å². The molecule has 0 spiro atoms. The Morgan fingerprint density at radius 2 is 2.05 bits per heavy atom. The third-order valence-corrected chi connectivity index (χ3v) is 3.20. The molecule has 0 fully saturated rings. The Balaban J connectivity index is 2.09. The lowest BCUT2D eigenvalue weighted by Gasteiger charge is -2.09. The van der Waals surface area contributed by atoms with Crippen molar-refractivity contribution in [1.82, 2.24) is 4.98 Å². The minimum atomic E-state index is -1.04. The SMILES string of the molecule is CCCCc1ccc(Nc2ncc(C(=O)O)cc2N)cc1. The summed E-state index contributed by atoms with van der Waals surface area (Å²) in [7, 11) is 0. The molecule has 1 aromatic heterocycles. The van der Waals surface area contributed by atoms with Crippen molar-refractivity contribution >= 4 is 23.2 Å². The normalized spacial score (nSPS) is 10.3. The average Bonchev–Trinajstić information content (AvgIpc) is 2.48. The van der Waals surface area contributed by atoms with Crippen LogP contribution in [0.3, 0.4) is 0 Å². The molecular formula is C16H19N3O2. The Bertz CT molecular complexity index is 624. The van der Waals surface area contributed by atoms with Crippen LogP contribution in [0.15, 0.2) is 36.5 Å². The third-order valence-electron chi connectivity index (χ3n) is 3.20. The maximum atomic E-state index is 10.8. The number of nitrogen functional groups attached to an aromatic ring is 1. The van der Waals surface area contributed by atoms with Crippen molar-refractivity contribution < 1.29 is 9.90 Å². The molecule has 0 aliphatic carbocycles. The highest BCUT2D eigenvalue weighted by Gasteiger charge is 2.07. The number of nitrogens with two attached hydrogens (primary N) is 1. The molecule has 0 unspecified atom stereocenters. The second kappa shape index (κ2) is 6.74. The van der Waals surface area contributed by atoms with Crippen molar-refractivity contribution in [3.8, 4) is 0 Å². The molecule has 5 nitrogen and oxygen atoms in total. The number of nitrogens with one attached hydrogen (secondary N) is 1. The minimum absolute atomic E-state index is 0.0768. The zero-order valence-electron chi connectivity index (χ0n) is 12.0. The van der Waals surface area contributed by atoms with Gasteiger partial charge in [-0.05, 0) is 36.6 Å². The highest BCUT2D eigenvalue weighted by molar-refractivity contribution is 5.89. The van der Waals surface area contributed by atoms with Crippen LogP contribution in [0.4, 0.5) is 17.2 Å². The van der Waals surface area contributed by atoms with Gasteiger partial charge in [0, 0.05) is 11.9 Å². The molecule has 0 saturated heterocycles. The molecule has 0 amide bonds. The number of aryl methyl sites for hydroxylation is 1. The van der Waals surface area contributed by atoms with E-state index in [-0.39, 0.29) is 5.56 Å². The first kappa shape index (κ1) is 14.8. The van der Waals surface area contributed by atoms with Gasteiger partial charge in [0.25, 0.3) is 0 Å². The summed E-state index contributed by atoms with van der Waals surface area (Å²) in [5.74, 6) is -0.581. The fourth-order valence-corrected chi connectivity index (χ4v) is 1.98. The van der Waals surface area contributed by atoms with Gasteiger partial charge in [0.1, 0.15) is 0 Å². The zero-order chi connectivity index (χ0) is 15.2. The predicted octanol–water partition coefficient (Wildman–Crippen LogP) is 3.45. The second-order valence-corrected chi connectivity index (χ2v) is 4.89. The van der Waals surface area contributed by atoms with E-state index in [1.54, 1.807) is 0 Å². The number of aromatic nitrogens is 1. The van der Waals surface area contributed by atoms with Gasteiger partial charge in [0.05, 0.1) is 11.3 Å². The van der Waals surface area contributed by atoms with E-state index in [2.05, 4.69) is 29.4 Å². The first-order chi connectivity index (χ1) is 10.1. The van der Waals surface area contributed by atoms with Gasteiger partial charge >= 0.3 is 5.97 Å². The van der Waals surface area contributed by atoms with Crippen molar-refractivity contribution in [2.24, 2.45) is 0 Å². The van der Waals surface area contributed by atoms with Gasteiger partial charge in [-0.2, -0.15) is 0 Å². The monoisotopic (exact) mass is 285 g/mol. The molecule has 0 bridgehead atoms. The molecule has 0 saturated carbocycles. The lowest BCUT2D eigenvalue weighted by Crippen LogP contribution is -2.03. The van der Waals surface area contributed by atoms with Crippen molar-refractivity contribution in [3.05, 3.63) is 47.7 Å². The molecule has 1 heterocycles. The predicted molar refractivity (Wildman–Crippen MR) is 83.9 cm³/mol. The lowest BCUT2D eigenvalue weighted by molar-refractivity contribution is 0.0696. The highest BCUT2D eigenvalue weighted by Crippen LogP contribution is 2.22. The molecule has 110 valence electrons. The Hall–Kier alpha value is -2.56. The molecule has 0 atom stereocenters. The minimum Gasteiger partial charge on any atom is -0.478 e. The number of anilines is 3. The van der Waals surface area contributed by atoms with Crippen LogP contribution in [-0.2, 0) is 6.42 Å². The van der Waals surface area contributed by atoms with Crippen LogP contribution in [0.25, 0.3) is 0 Å². The van der Waals surface area contributed by atoms with Crippen molar-refractivity contribution in [3.63, 3.8) is 0 Å². The number of benzene rings is 1. The number of rotatable bonds is 6. The van der Waals surface area contributed by atoms with Crippen LogP contribution in [-0.4, -0.2) is 16.1 Å². The van der Waals surface area contributed by atoms with Gasteiger partial charge in [-0.1, -0.05) is 25.5 Å². The zero-order valence-corrected chi connectivity index (χ0v) is 12.0. The molecule has 2 aromatic rings. The average molecular weight is 285 g/mol. The smallest absolute Gasteiger partial charge is 0.337 e. The second-order valence-electron chi connectivity index (χ2n) is 4.89. The number of carboxylic acid groups (broad SMARTS) is 1. The summed E-state index contributed by atoms with van der Waals surface area (Å²) in [4.78, 5) is 14.9. The topological polar surface area (TPSA) is 88.2 Å². The van der Waals surface area contributed by atoms with E-state index in [0.29, 0.717) is 11.5 Å². The number of unbranched alkanes of at least 4 members (excludes halogenated alkanes) is 1. The van der Waals surface area contributed by atoms with Gasteiger partial charge in [-0.25, -0.2) is 9.78 Å².